The SMILES string of the molecule is Cc1cc(NC(=O)CN(C)CC(=O)Nc2ccc(SC(F)F)cc2)no1. The third kappa shape index (κ3) is 6.81. The van der Waals surface area contributed by atoms with E-state index in [9.17, 15) is 18.4 Å². The van der Waals surface area contributed by atoms with Crippen LogP contribution in [0.5, 0.6) is 0 Å². The summed E-state index contributed by atoms with van der Waals surface area (Å²) >= 11 is 0.435. The summed E-state index contributed by atoms with van der Waals surface area (Å²) in [5.41, 5.74) is 0.490. The monoisotopic (exact) mass is 384 g/mol. The average Bonchev–Trinajstić information content (AvgIpc) is 2.93. The van der Waals surface area contributed by atoms with Crippen molar-refractivity contribution in [1.29, 1.82) is 0 Å². The predicted octanol–water partition coefficient (Wildman–Crippen LogP) is 2.81. The van der Waals surface area contributed by atoms with Crippen molar-refractivity contribution in [3.05, 3.63) is 36.1 Å². The standard InChI is InChI=1S/C16H18F2N4O3S/c1-10-7-13(21-25-10)20-15(24)9-22(2)8-14(23)19-11-3-5-12(6-4-11)26-16(17)18/h3-7,16H,8-9H2,1-2H3,(H,19,23)(H,20,21,24). The Morgan fingerprint density at radius 3 is 2.35 bits per heavy atom. The van der Waals surface area contributed by atoms with E-state index >= 15 is 0 Å². The number of alkyl halides is 2. The van der Waals surface area contributed by atoms with Crippen LogP contribution in [0, 0.1) is 6.92 Å². The molecule has 0 aliphatic heterocycles. The van der Waals surface area contributed by atoms with Crippen LogP contribution in [0.15, 0.2) is 39.8 Å². The molecule has 0 saturated heterocycles. The van der Waals surface area contributed by atoms with Gasteiger partial charge in [-0.05, 0) is 38.2 Å². The number of thioether (sulfide) groups is 1. The molecule has 0 aliphatic carbocycles. The van der Waals surface area contributed by atoms with Gasteiger partial charge in [0.05, 0.1) is 13.1 Å². The molecule has 0 fully saturated rings. The van der Waals surface area contributed by atoms with Gasteiger partial charge in [-0.25, -0.2) is 0 Å². The molecule has 1 aromatic carbocycles. The lowest BCUT2D eigenvalue weighted by atomic mass is 10.3. The van der Waals surface area contributed by atoms with Crippen LogP contribution in [0.3, 0.4) is 0 Å². The van der Waals surface area contributed by atoms with E-state index in [4.69, 9.17) is 4.52 Å². The summed E-state index contributed by atoms with van der Waals surface area (Å²) in [4.78, 5) is 25.8. The molecule has 0 spiro atoms. The molecule has 2 rings (SSSR count). The molecule has 26 heavy (non-hydrogen) atoms. The Bertz CT molecular complexity index is 752. The summed E-state index contributed by atoms with van der Waals surface area (Å²) < 4.78 is 29.4. The topological polar surface area (TPSA) is 87.5 Å². The van der Waals surface area contributed by atoms with Gasteiger partial charge in [0.2, 0.25) is 11.8 Å². The maximum atomic E-state index is 12.3. The van der Waals surface area contributed by atoms with Crippen molar-refractivity contribution in [2.75, 3.05) is 30.8 Å². The van der Waals surface area contributed by atoms with E-state index < -0.39 is 5.76 Å². The van der Waals surface area contributed by atoms with Crippen LogP contribution in [0.25, 0.3) is 0 Å². The molecule has 0 aliphatic rings. The summed E-state index contributed by atoms with van der Waals surface area (Å²) in [6.45, 7) is 1.68. The van der Waals surface area contributed by atoms with E-state index in [0.29, 0.717) is 33.9 Å². The van der Waals surface area contributed by atoms with Crippen molar-refractivity contribution in [3.8, 4) is 0 Å². The lowest BCUT2D eigenvalue weighted by Gasteiger charge is -2.15. The number of halogens is 2. The number of nitrogens with one attached hydrogen (secondary N) is 2. The van der Waals surface area contributed by atoms with Gasteiger partial charge >= 0.3 is 0 Å². The Kier molecular flexibility index (Phi) is 7.10. The van der Waals surface area contributed by atoms with Gasteiger partial charge in [-0.2, -0.15) is 8.78 Å². The van der Waals surface area contributed by atoms with Crippen LogP contribution in [0.2, 0.25) is 0 Å². The Labute approximate surface area is 153 Å². The fraction of sp³-hybridized carbons (Fsp3) is 0.312. The fourth-order valence-corrected chi connectivity index (χ4v) is 2.57. The third-order valence-corrected chi connectivity index (χ3v) is 3.81. The number of benzene rings is 1. The van der Waals surface area contributed by atoms with E-state index in [1.54, 1.807) is 32.2 Å². The smallest absolute Gasteiger partial charge is 0.288 e. The number of carbonyl (C=O) groups is 2. The minimum Gasteiger partial charge on any atom is -0.360 e. The minimum atomic E-state index is -2.49. The Balaban J connectivity index is 1.76. The van der Waals surface area contributed by atoms with Gasteiger partial charge in [0, 0.05) is 16.6 Å². The fourth-order valence-electron chi connectivity index (χ4n) is 2.07. The van der Waals surface area contributed by atoms with Gasteiger partial charge in [-0.1, -0.05) is 16.9 Å². The number of hydrogen-bond donors (Lipinski definition) is 2. The molecule has 140 valence electrons. The van der Waals surface area contributed by atoms with Crippen molar-refractivity contribution in [2.24, 2.45) is 0 Å². The van der Waals surface area contributed by atoms with Gasteiger partial charge in [0.25, 0.3) is 5.76 Å². The second-order valence-corrected chi connectivity index (χ2v) is 6.56. The van der Waals surface area contributed by atoms with Crippen LogP contribution in [0.4, 0.5) is 20.3 Å². The van der Waals surface area contributed by atoms with Gasteiger partial charge in [-0.3, -0.25) is 14.5 Å². The van der Waals surface area contributed by atoms with E-state index in [0.717, 1.165) is 0 Å². The first-order chi connectivity index (χ1) is 12.3. The quantitative estimate of drug-likeness (QED) is 0.681. The van der Waals surface area contributed by atoms with E-state index in [1.165, 1.54) is 17.0 Å². The molecule has 0 bridgehead atoms. The van der Waals surface area contributed by atoms with Crippen LogP contribution in [-0.2, 0) is 9.59 Å². The van der Waals surface area contributed by atoms with Gasteiger partial charge in [0.1, 0.15) is 5.76 Å². The molecule has 1 aromatic heterocycles. The highest BCUT2D eigenvalue weighted by Gasteiger charge is 2.13. The summed E-state index contributed by atoms with van der Waals surface area (Å²) in [6, 6.07) is 7.68. The first-order valence-electron chi connectivity index (χ1n) is 7.58. The summed E-state index contributed by atoms with van der Waals surface area (Å²) in [5, 5.41) is 8.85. The number of nitrogens with zero attached hydrogens (tertiary/aromatic N) is 2. The molecule has 2 N–H and O–H groups in total. The molecule has 2 aromatic rings. The number of anilines is 2. The van der Waals surface area contributed by atoms with Gasteiger partial charge < -0.3 is 15.2 Å². The molecule has 7 nitrogen and oxygen atoms in total. The Morgan fingerprint density at radius 2 is 1.81 bits per heavy atom. The number of aromatic nitrogens is 1. The molecule has 0 unspecified atom stereocenters. The highest BCUT2D eigenvalue weighted by molar-refractivity contribution is 7.99. The van der Waals surface area contributed by atoms with Crippen LogP contribution >= 0.6 is 11.8 Å². The second kappa shape index (κ2) is 9.30. The van der Waals surface area contributed by atoms with E-state index in [2.05, 4.69) is 15.8 Å². The second-order valence-electron chi connectivity index (χ2n) is 5.49. The molecular formula is C16H18F2N4O3S. The number of likely N-dealkylation sites (N-methyl/N-ethyl adjacent to an activating group) is 1. The van der Waals surface area contributed by atoms with Crippen molar-refractivity contribution in [1.82, 2.24) is 10.1 Å². The molecule has 0 atom stereocenters. The van der Waals surface area contributed by atoms with Crippen LogP contribution in [0.1, 0.15) is 5.76 Å². The molecular weight excluding hydrogens is 366 g/mol. The van der Waals surface area contributed by atoms with Crippen LogP contribution in [-0.4, -0.2) is 47.8 Å². The molecule has 0 saturated carbocycles. The van der Waals surface area contributed by atoms with Crippen molar-refractivity contribution < 1.29 is 22.9 Å². The van der Waals surface area contributed by atoms with Gasteiger partial charge in [0.15, 0.2) is 5.82 Å². The summed E-state index contributed by atoms with van der Waals surface area (Å²) in [7, 11) is 1.62. The highest BCUT2D eigenvalue weighted by atomic mass is 32.2. The number of aryl methyl sites for hydroxylation is 1. The average molecular weight is 384 g/mol. The predicted molar refractivity (Wildman–Crippen MR) is 94.3 cm³/mol. The Hall–Kier alpha value is -2.46. The number of rotatable bonds is 8. The van der Waals surface area contributed by atoms with Crippen molar-refractivity contribution >= 4 is 35.1 Å². The van der Waals surface area contributed by atoms with Crippen LogP contribution < -0.4 is 10.6 Å². The van der Waals surface area contributed by atoms with Crippen molar-refractivity contribution in [3.63, 3.8) is 0 Å². The first-order valence-corrected chi connectivity index (χ1v) is 8.46. The zero-order valence-corrected chi connectivity index (χ0v) is 15.0. The first kappa shape index (κ1) is 19.9. The third-order valence-electron chi connectivity index (χ3n) is 3.09. The molecule has 10 heteroatoms. The lowest BCUT2D eigenvalue weighted by Crippen LogP contribution is -2.36. The summed E-state index contributed by atoms with van der Waals surface area (Å²) in [6.07, 6.45) is 0. The largest absolute Gasteiger partial charge is 0.360 e. The zero-order chi connectivity index (χ0) is 19.1. The number of carbonyl (C=O) groups excluding carboxylic acids is 2. The normalized spacial score (nSPS) is 11.0. The molecule has 0 radical (unpaired) electrons. The number of hydrogen-bond acceptors (Lipinski definition) is 6. The zero-order valence-electron chi connectivity index (χ0n) is 14.2. The molecule has 2 amide bonds. The highest BCUT2D eigenvalue weighted by Crippen LogP contribution is 2.26. The van der Waals surface area contributed by atoms with Gasteiger partial charge in [-0.15, -0.1) is 0 Å². The van der Waals surface area contributed by atoms with Crippen molar-refractivity contribution in [2.45, 2.75) is 17.6 Å². The van der Waals surface area contributed by atoms with E-state index in [-0.39, 0.29) is 24.9 Å². The maximum absolute atomic E-state index is 12.3. The Morgan fingerprint density at radius 1 is 1.19 bits per heavy atom. The maximum Gasteiger partial charge on any atom is 0.288 e. The number of amides is 2. The lowest BCUT2D eigenvalue weighted by molar-refractivity contribution is -0.119. The summed E-state index contributed by atoms with van der Waals surface area (Å²) in [5.74, 6) is -2.26. The minimum absolute atomic E-state index is 0.0106. The molecule has 1 heterocycles. The van der Waals surface area contributed by atoms with E-state index in [1.807, 2.05) is 0 Å².